The monoisotopic (exact) mass is 270 g/mol. The van der Waals surface area contributed by atoms with E-state index in [1.807, 2.05) is 0 Å². The molecule has 1 aromatic rings. The maximum Gasteiger partial charge on any atom is 0.425 e. The Morgan fingerprint density at radius 3 is 2.43 bits per heavy atom. The fraction of sp³-hybridized carbons (Fsp3) is 0.167. The summed E-state index contributed by atoms with van der Waals surface area (Å²) in [5.41, 5.74) is -2.38. The molecule has 0 N–H and O–H groups in total. The molecular formula is C6H2BrF3N2O2. The molecule has 0 aliphatic heterocycles. The summed E-state index contributed by atoms with van der Waals surface area (Å²) in [4.78, 5) is 12.5. The van der Waals surface area contributed by atoms with Gasteiger partial charge in [-0.2, -0.15) is 13.2 Å². The normalized spacial score (nSPS) is 11.4. The van der Waals surface area contributed by atoms with Gasteiger partial charge >= 0.3 is 6.18 Å². The highest BCUT2D eigenvalue weighted by Crippen LogP contribution is 2.39. The van der Waals surface area contributed by atoms with Crippen LogP contribution in [0.4, 0.5) is 18.9 Å². The van der Waals surface area contributed by atoms with Crippen molar-refractivity contribution in [2.75, 3.05) is 0 Å². The average molecular weight is 271 g/mol. The summed E-state index contributed by atoms with van der Waals surface area (Å²) in [5, 5.41) is 10.3. The van der Waals surface area contributed by atoms with E-state index < -0.39 is 27.0 Å². The lowest BCUT2D eigenvalue weighted by Gasteiger charge is -2.07. The largest absolute Gasteiger partial charge is 0.425 e. The Kier molecular flexibility index (Phi) is 2.74. The first-order valence-corrected chi connectivity index (χ1v) is 3.99. The predicted octanol–water partition coefficient (Wildman–Crippen LogP) is 2.77. The molecule has 0 unspecified atom stereocenters. The molecule has 0 saturated carbocycles. The Balaban J connectivity index is 3.45. The van der Waals surface area contributed by atoms with Crippen molar-refractivity contribution in [3.63, 3.8) is 0 Å². The number of pyridine rings is 1. The first-order chi connectivity index (χ1) is 6.34. The van der Waals surface area contributed by atoms with E-state index >= 15 is 0 Å². The molecule has 0 radical (unpaired) electrons. The summed E-state index contributed by atoms with van der Waals surface area (Å²) in [5.74, 6) is 0. The van der Waals surface area contributed by atoms with Crippen LogP contribution in [-0.2, 0) is 6.18 Å². The van der Waals surface area contributed by atoms with Crippen LogP contribution in [0.25, 0.3) is 0 Å². The van der Waals surface area contributed by atoms with E-state index in [2.05, 4.69) is 20.9 Å². The van der Waals surface area contributed by atoms with Gasteiger partial charge in [-0.1, -0.05) is 0 Å². The first kappa shape index (κ1) is 10.9. The highest BCUT2D eigenvalue weighted by atomic mass is 79.9. The molecule has 14 heavy (non-hydrogen) atoms. The van der Waals surface area contributed by atoms with Crippen LogP contribution in [-0.4, -0.2) is 9.91 Å². The van der Waals surface area contributed by atoms with Crippen molar-refractivity contribution in [2.45, 2.75) is 6.18 Å². The van der Waals surface area contributed by atoms with E-state index in [-0.39, 0.29) is 0 Å². The molecule has 0 spiro atoms. The summed E-state index contributed by atoms with van der Waals surface area (Å²) < 4.78 is 36.3. The van der Waals surface area contributed by atoms with Crippen LogP contribution in [0.5, 0.6) is 0 Å². The molecule has 8 heteroatoms. The van der Waals surface area contributed by atoms with Crippen molar-refractivity contribution >= 4 is 21.6 Å². The molecule has 1 aromatic heterocycles. The molecule has 0 amide bonds. The number of nitrogens with zero attached hydrogens (tertiary/aromatic N) is 2. The van der Waals surface area contributed by atoms with E-state index in [1.165, 1.54) is 0 Å². The van der Waals surface area contributed by atoms with E-state index in [1.54, 1.807) is 0 Å². The summed E-state index contributed by atoms with van der Waals surface area (Å²) in [6.07, 6.45) is -3.87. The van der Waals surface area contributed by atoms with Gasteiger partial charge in [0.15, 0.2) is 5.56 Å². The number of nitro groups is 1. The van der Waals surface area contributed by atoms with Gasteiger partial charge in [-0.3, -0.25) is 10.1 Å². The van der Waals surface area contributed by atoms with Crippen LogP contribution in [0.1, 0.15) is 5.56 Å². The van der Waals surface area contributed by atoms with Gasteiger partial charge in [0.2, 0.25) is 0 Å². The Morgan fingerprint density at radius 1 is 1.50 bits per heavy atom. The van der Waals surface area contributed by atoms with Gasteiger partial charge in [0.1, 0.15) is 4.60 Å². The molecule has 0 aromatic carbocycles. The third kappa shape index (κ3) is 2.00. The number of aromatic nitrogens is 1. The molecule has 0 aliphatic rings. The fourth-order valence-electron chi connectivity index (χ4n) is 0.841. The predicted molar refractivity (Wildman–Crippen MR) is 43.6 cm³/mol. The molecule has 0 aliphatic carbocycles. The van der Waals surface area contributed by atoms with Gasteiger partial charge in [-0.05, 0) is 15.9 Å². The second-order valence-electron chi connectivity index (χ2n) is 2.25. The van der Waals surface area contributed by atoms with E-state index in [0.29, 0.717) is 6.07 Å². The zero-order valence-corrected chi connectivity index (χ0v) is 7.96. The first-order valence-electron chi connectivity index (χ1n) is 3.20. The number of hydrogen-bond donors (Lipinski definition) is 0. The molecule has 76 valence electrons. The fourth-order valence-corrected chi connectivity index (χ4v) is 1.39. The topological polar surface area (TPSA) is 56.0 Å². The molecule has 0 bridgehead atoms. The van der Waals surface area contributed by atoms with Crippen molar-refractivity contribution < 1.29 is 18.1 Å². The lowest BCUT2D eigenvalue weighted by Crippen LogP contribution is -2.10. The smallest absolute Gasteiger partial charge is 0.258 e. The Morgan fingerprint density at radius 2 is 2.07 bits per heavy atom. The third-order valence-corrected chi connectivity index (χ3v) is 1.96. The number of hydrogen-bond acceptors (Lipinski definition) is 3. The quantitative estimate of drug-likeness (QED) is 0.448. The second kappa shape index (κ2) is 3.52. The lowest BCUT2D eigenvalue weighted by atomic mass is 10.2. The summed E-state index contributed by atoms with van der Waals surface area (Å²) in [6, 6.07) is 0.702. The summed E-state index contributed by atoms with van der Waals surface area (Å²) >= 11 is 2.52. The molecular weight excluding hydrogens is 269 g/mol. The molecule has 0 saturated heterocycles. The Hall–Kier alpha value is -1.18. The minimum absolute atomic E-state index is 0.584. The SMILES string of the molecule is O=[N+]([O-])c1ccnc(Br)c1C(F)(F)F. The van der Waals surface area contributed by atoms with Crippen LogP contribution in [0, 0.1) is 10.1 Å². The van der Waals surface area contributed by atoms with E-state index in [9.17, 15) is 23.3 Å². The van der Waals surface area contributed by atoms with Gasteiger partial charge in [0.05, 0.1) is 4.92 Å². The molecule has 0 atom stereocenters. The van der Waals surface area contributed by atoms with Crippen LogP contribution < -0.4 is 0 Å². The van der Waals surface area contributed by atoms with Gasteiger partial charge < -0.3 is 0 Å². The summed E-state index contributed by atoms with van der Waals surface area (Å²) in [6.45, 7) is 0. The van der Waals surface area contributed by atoms with Crippen LogP contribution in [0.15, 0.2) is 16.9 Å². The van der Waals surface area contributed by atoms with Crippen LogP contribution in [0.3, 0.4) is 0 Å². The highest BCUT2D eigenvalue weighted by Gasteiger charge is 2.41. The number of halogens is 4. The van der Waals surface area contributed by atoms with E-state index in [4.69, 9.17) is 0 Å². The van der Waals surface area contributed by atoms with Crippen molar-refractivity contribution in [1.82, 2.24) is 4.98 Å². The van der Waals surface area contributed by atoms with E-state index in [0.717, 1.165) is 6.20 Å². The molecule has 1 heterocycles. The second-order valence-corrected chi connectivity index (χ2v) is 3.00. The zero-order valence-electron chi connectivity index (χ0n) is 6.38. The van der Waals surface area contributed by atoms with Crippen molar-refractivity contribution in [3.8, 4) is 0 Å². The Labute approximate surface area is 84.0 Å². The number of alkyl halides is 3. The van der Waals surface area contributed by atoms with Gasteiger partial charge in [-0.25, -0.2) is 4.98 Å². The van der Waals surface area contributed by atoms with Gasteiger partial charge in [0.25, 0.3) is 5.69 Å². The van der Waals surface area contributed by atoms with Gasteiger partial charge in [0, 0.05) is 12.3 Å². The number of rotatable bonds is 1. The maximum atomic E-state index is 12.3. The minimum atomic E-state index is -4.80. The minimum Gasteiger partial charge on any atom is -0.258 e. The molecule has 1 rings (SSSR count). The molecule has 0 fully saturated rings. The van der Waals surface area contributed by atoms with Crippen molar-refractivity contribution in [1.29, 1.82) is 0 Å². The van der Waals surface area contributed by atoms with Crippen LogP contribution >= 0.6 is 15.9 Å². The molecule has 4 nitrogen and oxygen atoms in total. The van der Waals surface area contributed by atoms with Crippen molar-refractivity contribution in [3.05, 3.63) is 32.5 Å². The van der Waals surface area contributed by atoms with Crippen LogP contribution in [0.2, 0.25) is 0 Å². The summed E-state index contributed by atoms with van der Waals surface area (Å²) in [7, 11) is 0. The standard InChI is InChI=1S/C6H2BrF3N2O2/c7-5-4(6(8,9)10)3(12(13)14)1-2-11-5/h1-2H. The highest BCUT2D eigenvalue weighted by molar-refractivity contribution is 9.10. The third-order valence-electron chi connectivity index (χ3n) is 1.36. The van der Waals surface area contributed by atoms with Crippen molar-refractivity contribution in [2.24, 2.45) is 0 Å². The Bertz CT molecular complexity index is 380. The maximum absolute atomic E-state index is 12.3. The zero-order chi connectivity index (χ0) is 10.9. The lowest BCUT2D eigenvalue weighted by molar-refractivity contribution is -0.388. The average Bonchev–Trinajstić information content (AvgIpc) is 2.01. The van der Waals surface area contributed by atoms with Gasteiger partial charge in [-0.15, -0.1) is 0 Å².